The molecule has 2 aromatic carbocycles. The minimum absolute atomic E-state index is 0.112. The fraction of sp³-hybridized carbons (Fsp3) is 0.188. The molecule has 3 rings (SSSR count). The molecule has 0 saturated carbocycles. The highest BCUT2D eigenvalue weighted by atomic mass is 32.2. The number of fused-ring (bicyclic) bond motifs is 1. The van der Waals surface area contributed by atoms with E-state index in [0.717, 1.165) is 5.69 Å². The van der Waals surface area contributed by atoms with Crippen LogP contribution in [0.4, 0.5) is 5.69 Å². The van der Waals surface area contributed by atoms with E-state index in [9.17, 15) is 8.42 Å². The lowest BCUT2D eigenvalue weighted by molar-refractivity contribution is 0.263. The quantitative estimate of drug-likeness (QED) is 0.812. The zero-order valence-electron chi connectivity index (χ0n) is 11.7. The molecule has 1 aliphatic rings. The van der Waals surface area contributed by atoms with Crippen molar-refractivity contribution in [1.82, 2.24) is 0 Å². The molecule has 2 aromatic rings. The van der Waals surface area contributed by atoms with E-state index >= 15 is 0 Å². The Morgan fingerprint density at radius 3 is 2.55 bits per heavy atom. The summed E-state index contributed by atoms with van der Waals surface area (Å²) in [5.41, 5.74) is -0.290. The first-order valence-electron chi connectivity index (χ1n) is 6.79. The molecule has 0 bridgehead atoms. The van der Waals surface area contributed by atoms with Gasteiger partial charge in [0.2, 0.25) is 15.3 Å². The molecule has 1 atom stereocenters. The average Bonchev–Trinajstić information content (AvgIpc) is 2.56. The van der Waals surface area contributed by atoms with Crippen molar-refractivity contribution < 1.29 is 13.2 Å². The molecule has 22 heavy (non-hydrogen) atoms. The molecular formula is C16H14N2O3S. The second-order valence-corrected chi connectivity index (χ2v) is 7.00. The van der Waals surface area contributed by atoms with Gasteiger partial charge in [-0.25, -0.2) is 8.42 Å². The molecule has 0 aromatic heterocycles. The van der Waals surface area contributed by atoms with Crippen molar-refractivity contribution in [2.75, 3.05) is 18.0 Å². The fourth-order valence-corrected chi connectivity index (χ4v) is 3.88. The number of para-hydroxylation sites is 2. The van der Waals surface area contributed by atoms with Gasteiger partial charge < -0.3 is 9.64 Å². The maximum absolute atomic E-state index is 12.7. The van der Waals surface area contributed by atoms with Gasteiger partial charge in [-0.05, 0) is 24.3 Å². The Bertz CT molecular complexity index is 813. The van der Waals surface area contributed by atoms with E-state index in [1.807, 2.05) is 12.1 Å². The van der Waals surface area contributed by atoms with Gasteiger partial charge in [-0.15, -0.1) is 0 Å². The topological polar surface area (TPSA) is 70.4 Å². The van der Waals surface area contributed by atoms with Crippen LogP contribution in [0.25, 0.3) is 0 Å². The zero-order chi connectivity index (χ0) is 15.6. The van der Waals surface area contributed by atoms with Crippen LogP contribution in [0.2, 0.25) is 0 Å². The van der Waals surface area contributed by atoms with Gasteiger partial charge in [0.15, 0.2) is 0 Å². The molecule has 0 N–H and O–H groups in total. The number of hydrogen-bond acceptors (Lipinski definition) is 5. The molecule has 6 heteroatoms. The second kappa shape index (κ2) is 5.70. The summed E-state index contributed by atoms with van der Waals surface area (Å²) in [5, 5.41) is 8.97. The lowest BCUT2D eigenvalue weighted by Crippen LogP contribution is -2.44. The van der Waals surface area contributed by atoms with E-state index in [4.69, 9.17) is 10.00 Å². The van der Waals surface area contributed by atoms with Gasteiger partial charge in [-0.1, -0.05) is 30.3 Å². The Labute approximate surface area is 129 Å². The lowest BCUT2D eigenvalue weighted by atomic mass is 10.2. The standard InChI is InChI=1S/C16H14N2O3S/c17-10-11-18-12-16(21-15-9-5-4-8-14(15)18)22(19,20)13-6-2-1-3-7-13/h1-9,16H,11-12H2. The third-order valence-corrected chi connectivity index (χ3v) is 5.38. The predicted molar refractivity (Wildman–Crippen MR) is 82.3 cm³/mol. The van der Waals surface area contributed by atoms with Gasteiger partial charge in [-0.3, -0.25) is 0 Å². The minimum atomic E-state index is -3.63. The molecule has 0 radical (unpaired) electrons. The molecule has 0 aliphatic carbocycles. The largest absolute Gasteiger partial charge is 0.470 e. The summed E-state index contributed by atoms with van der Waals surface area (Å²) < 4.78 is 31.1. The summed E-state index contributed by atoms with van der Waals surface area (Å²) in [5.74, 6) is 0.480. The minimum Gasteiger partial charge on any atom is -0.470 e. The van der Waals surface area contributed by atoms with Crippen LogP contribution in [0.5, 0.6) is 5.75 Å². The normalized spacial score (nSPS) is 17.2. The molecule has 0 saturated heterocycles. The third-order valence-electron chi connectivity index (χ3n) is 3.51. The van der Waals surface area contributed by atoms with Crippen LogP contribution in [-0.2, 0) is 9.84 Å². The molecule has 0 amide bonds. The third kappa shape index (κ3) is 2.51. The van der Waals surface area contributed by atoms with E-state index in [-0.39, 0.29) is 18.0 Å². The summed E-state index contributed by atoms with van der Waals surface area (Å²) >= 11 is 0. The van der Waals surface area contributed by atoms with Gasteiger partial charge in [0.05, 0.1) is 23.2 Å². The molecule has 0 spiro atoms. The molecular weight excluding hydrogens is 300 g/mol. The van der Waals surface area contributed by atoms with E-state index < -0.39 is 15.3 Å². The maximum Gasteiger partial charge on any atom is 0.220 e. The Kier molecular flexibility index (Phi) is 3.73. The van der Waals surface area contributed by atoms with Crippen LogP contribution < -0.4 is 9.64 Å². The monoisotopic (exact) mass is 314 g/mol. The number of benzene rings is 2. The van der Waals surface area contributed by atoms with Gasteiger partial charge >= 0.3 is 0 Å². The summed E-state index contributed by atoms with van der Waals surface area (Å²) in [4.78, 5) is 1.94. The van der Waals surface area contributed by atoms with Crippen LogP contribution in [0.15, 0.2) is 59.5 Å². The molecule has 1 heterocycles. The number of ether oxygens (including phenoxy) is 1. The van der Waals surface area contributed by atoms with Gasteiger partial charge in [-0.2, -0.15) is 5.26 Å². The van der Waals surface area contributed by atoms with Crippen molar-refractivity contribution >= 4 is 15.5 Å². The van der Waals surface area contributed by atoms with Crippen LogP contribution in [0.3, 0.4) is 0 Å². The molecule has 5 nitrogen and oxygen atoms in total. The van der Waals surface area contributed by atoms with Crippen LogP contribution >= 0.6 is 0 Å². The van der Waals surface area contributed by atoms with Crippen LogP contribution in [0.1, 0.15) is 0 Å². The maximum atomic E-state index is 12.7. The van der Waals surface area contributed by atoms with Crippen molar-refractivity contribution in [1.29, 1.82) is 5.26 Å². The summed E-state index contributed by atoms with van der Waals surface area (Å²) in [6.07, 6.45) is 0. The van der Waals surface area contributed by atoms with Gasteiger partial charge in [0.25, 0.3) is 0 Å². The molecule has 112 valence electrons. The van der Waals surface area contributed by atoms with Gasteiger partial charge in [0, 0.05) is 0 Å². The summed E-state index contributed by atoms with van der Waals surface area (Å²) in [6, 6.07) is 17.4. The van der Waals surface area contributed by atoms with Crippen molar-refractivity contribution in [3.63, 3.8) is 0 Å². The number of sulfone groups is 1. The first kappa shape index (κ1) is 14.4. The molecule has 0 fully saturated rings. The Morgan fingerprint density at radius 2 is 1.82 bits per heavy atom. The number of nitrogens with zero attached hydrogens (tertiary/aromatic N) is 2. The summed E-state index contributed by atoms with van der Waals surface area (Å²) in [7, 11) is -3.63. The summed E-state index contributed by atoms with van der Waals surface area (Å²) in [6.45, 7) is 0.239. The predicted octanol–water partition coefficient (Wildman–Crippen LogP) is 2.21. The van der Waals surface area contributed by atoms with E-state index in [1.165, 1.54) is 0 Å². The SMILES string of the molecule is N#CCN1CC(S(=O)(=O)c2ccccc2)Oc2ccccc21. The number of nitriles is 1. The Balaban J connectivity index is 1.99. The fourth-order valence-electron chi connectivity index (χ4n) is 2.43. The zero-order valence-corrected chi connectivity index (χ0v) is 12.5. The Hall–Kier alpha value is -2.52. The first-order chi connectivity index (χ1) is 10.6. The molecule has 1 aliphatic heterocycles. The van der Waals surface area contributed by atoms with Crippen LogP contribution in [0, 0.1) is 11.3 Å². The van der Waals surface area contributed by atoms with Crippen molar-refractivity contribution in [3.8, 4) is 11.8 Å². The smallest absolute Gasteiger partial charge is 0.220 e. The van der Waals surface area contributed by atoms with Crippen molar-refractivity contribution in [2.45, 2.75) is 10.3 Å². The number of rotatable bonds is 3. The van der Waals surface area contributed by atoms with Gasteiger partial charge in [0.1, 0.15) is 12.3 Å². The van der Waals surface area contributed by atoms with Crippen LogP contribution in [-0.4, -0.2) is 26.9 Å². The highest BCUT2D eigenvalue weighted by Crippen LogP contribution is 2.35. The van der Waals surface area contributed by atoms with E-state index in [0.29, 0.717) is 5.75 Å². The number of anilines is 1. The Morgan fingerprint density at radius 1 is 1.14 bits per heavy atom. The van der Waals surface area contributed by atoms with Crippen molar-refractivity contribution in [2.24, 2.45) is 0 Å². The van der Waals surface area contributed by atoms with Crippen molar-refractivity contribution in [3.05, 3.63) is 54.6 Å². The number of hydrogen-bond donors (Lipinski definition) is 0. The average molecular weight is 314 g/mol. The highest BCUT2D eigenvalue weighted by Gasteiger charge is 2.35. The molecule has 1 unspecified atom stereocenters. The first-order valence-corrected chi connectivity index (χ1v) is 8.34. The van der Waals surface area contributed by atoms with E-state index in [2.05, 4.69) is 6.07 Å². The second-order valence-electron chi connectivity index (χ2n) is 4.91. The highest BCUT2D eigenvalue weighted by molar-refractivity contribution is 7.92. The lowest BCUT2D eigenvalue weighted by Gasteiger charge is -2.34. The van der Waals surface area contributed by atoms with E-state index in [1.54, 1.807) is 47.4 Å².